The maximum absolute atomic E-state index is 5.52. The van der Waals surface area contributed by atoms with Gasteiger partial charge in [-0.1, -0.05) is 42.5 Å². The van der Waals surface area contributed by atoms with Crippen molar-refractivity contribution < 1.29 is 4.74 Å². The maximum Gasteiger partial charge on any atom is 0.206 e. The van der Waals surface area contributed by atoms with Gasteiger partial charge in [-0.3, -0.25) is 4.98 Å². The van der Waals surface area contributed by atoms with Gasteiger partial charge in [-0.25, -0.2) is 0 Å². The molecule has 4 aromatic rings. The third-order valence-corrected chi connectivity index (χ3v) is 4.82. The monoisotopic (exact) mass is 383 g/mol. The van der Waals surface area contributed by atoms with Gasteiger partial charge in [0, 0.05) is 23.5 Å². The Kier molecular flexibility index (Phi) is 5.16. The van der Waals surface area contributed by atoms with Gasteiger partial charge < -0.3 is 4.74 Å². The molecule has 2 aromatic heterocycles. The fourth-order valence-electron chi connectivity index (χ4n) is 3.41. The van der Waals surface area contributed by atoms with E-state index in [1.807, 2.05) is 30.5 Å². The van der Waals surface area contributed by atoms with Gasteiger partial charge in [0.25, 0.3) is 0 Å². The van der Waals surface area contributed by atoms with Crippen LogP contribution in [-0.2, 0) is 0 Å². The van der Waals surface area contributed by atoms with Crippen LogP contribution in [-0.4, -0.2) is 32.7 Å². The van der Waals surface area contributed by atoms with Crippen LogP contribution in [0.15, 0.2) is 54.9 Å². The van der Waals surface area contributed by atoms with Crippen molar-refractivity contribution in [2.24, 2.45) is 0 Å². The highest BCUT2D eigenvalue weighted by atomic mass is 16.5. The van der Waals surface area contributed by atoms with E-state index in [2.05, 4.69) is 69.8 Å². The molecule has 0 atom stereocenters. The number of benzene rings is 2. The number of para-hydroxylation sites is 1. The molecule has 2 aromatic carbocycles. The van der Waals surface area contributed by atoms with Crippen molar-refractivity contribution in [2.45, 2.75) is 13.8 Å². The van der Waals surface area contributed by atoms with E-state index in [0.717, 1.165) is 28.0 Å². The van der Waals surface area contributed by atoms with E-state index in [0.29, 0.717) is 5.82 Å². The number of aromatic amines is 1. The first-order valence-corrected chi connectivity index (χ1v) is 9.27. The fourth-order valence-corrected chi connectivity index (χ4v) is 3.41. The number of hydrogen-bond donors (Lipinski definition) is 1. The molecule has 1 N–H and O–H groups in total. The summed E-state index contributed by atoms with van der Waals surface area (Å²) in [6.07, 6.45) is 7.71. The van der Waals surface area contributed by atoms with Crippen molar-refractivity contribution >= 4 is 12.2 Å². The Balaban J connectivity index is 1.66. The smallest absolute Gasteiger partial charge is 0.206 e. The lowest BCUT2D eigenvalue weighted by atomic mass is 9.94. The standard InChI is InChI=1S/C23H21N5O/c1-15-10-18(21-6-4-5-7-22(21)29-3)11-16(2)20(15)9-8-17-12-19(14-24-13-17)23-25-27-28-26-23/h4-14H,1-3H3,(H,25,26,27,28)/b9-8+. The lowest BCUT2D eigenvalue weighted by molar-refractivity contribution is 0.416. The fraction of sp³-hybridized carbons (Fsp3) is 0.130. The van der Waals surface area contributed by atoms with Crippen molar-refractivity contribution in [1.29, 1.82) is 0 Å². The van der Waals surface area contributed by atoms with Crippen LogP contribution in [0.1, 0.15) is 22.3 Å². The molecule has 29 heavy (non-hydrogen) atoms. The zero-order valence-corrected chi connectivity index (χ0v) is 16.5. The number of nitrogens with zero attached hydrogens (tertiary/aromatic N) is 4. The zero-order chi connectivity index (χ0) is 20.2. The lowest BCUT2D eigenvalue weighted by Gasteiger charge is -2.13. The molecule has 0 spiro atoms. The molecule has 0 aliphatic rings. The van der Waals surface area contributed by atoms with E-state index in [4.69, 9.17) is 4.74 Å². The van der Waals surface area contributed by atoms with Crippen LogP contribution in [0.3, 0.4) is 0 Å². The molecule has 2 heterocycles. The summed E-state index contributed by atoms with van der Waals surface area (Å²) in [4.78, 5) is 4.28. The van der Waals surface area contributed by atoms with Gasteiger partial charge in [0.15, 0.2) is 0 Å². The van der Waals surface area contributed by atoms with Crippen molar-refractivity contribution in [2.75, 3.05) is 7.11 Å². The number of aromatic nitrogens is 5. The Morgan fingerprint density at radius 1 is 0.931 bits per heavy atom. The Morgan fingerprint density at radius 3 is 2.45 bits per heavy atom. The topological polar surface area (TPSA) is 76.6 Å². The number of methoxy groups -OCH3 is 1. The Hall–Kier alpha value is -3.80. The van der Waals surface area contributed by atoms with E-state index in [-0.39, 0.29) is 0 Å². The van der Waals surface area contributed by atoms with Crippen LogP contribution in [0.5, 0.6) is 5.75 Å². The van der Waals surface area contributed by atoms with Crippen LogP contribution >= 0.6 is 0 Å². The second-order valence-electron chi connectivity index (χ2n) is 6.80. The summed E-state index contributed by atoms with van der Waals surface area (Å²) >= 11 is 0. The summed E-state index contributed by atoms with van der Waals surface area (Å²) in [5, 5.41) is 14.1. The Labute approximate surface area is 169 Å². The summed E-state index contributed by atoms with van der Waals surface area (Å²) in [6.45, 7) is 4.25. The predicted octanol–water partition coefficient (Wildman–Crippen LogP) is 4.72. The van der Waals surface area contributed by atoms with Crippen molar-refractivity contribution in [1.82, 2.24) is 25.6 Å². The first kappa shape index (κ1) is 18.6. The van der Waals surface area contributed by atoms with Crippen LogP contribution in [0.4, 0.5) is 0 Å². The molecule has 0 saturated heterocycles. The molecule has 0 aliphatic carbocycles. The molecule has 0 aliphatic heterocycles. The molecule has 0 radical (unpaired) electrons. The van der Waals surface area contributed by atoms with E-state index in [1.165, 1.54) is 16.7 Å². The highest BCUT2D eigenvalue weighted by Gasteiger charge is 2.09. The summed E-state index contributed by atoms with van der Waals surface area (Å²) in [7, 11) is 1.70. The van der Waals surface area contributed by atoms with Gasteiger partial charge in [-0.2, -0.15) is 5.21 Å². The SMILES string of the molecule is COc1ccccc1-c1cc(C)c(/C=C/c2cncc(-c3nn[nH]n3)c2)c(C)c1. The van der Waals surface area contributed by atoms with Crippen LogP contribution in [0.25, 0.3) is 34.7 Å². The predicted molar refractivity (Wildman–Crippen MR) is 114 cm³/mol. The third-order valence-electron chi connectivity index (χ3n) is 4.82. The zero-order valence-electron chi connectivity index (χ0n) is 16.5. The average Bonchev–Trinajstić information content (AvgIpc) is 3.28. The number of hydrogen-bond acceptors (Lipinski definition) is 5. The van der Waals surface area contributed by atoms with E-state index < -0.39 is 0 Å². The first-order valence-electron chi connectivity index (χ1n) is 9.27. The Morgan fingerprint density at radius 2 is 1.72 bits per heavy atom. The number of ether oxygens (including phenoxy) is 1. The van der Waals surface area contributed by atoms with Gasteiger partial charge in [-0.15, -0.1) is 10.2 Å². The third kappa shape index (κ3) is 3.91. The van der Waals surface area contributed by atoms with Gasteiger partial charge in [0.1, 0.15) is 5.75 Å². The molecule has 0 fully saturated rings. The highest BCUT2D eigenvalue weighted by Crippen LogP contribution is 2.32. The lowest BCUT2D eigenvalue weighted by Crippen LogP contribution is -1.92. The minimum absolute atomic E-state index is 0.529. The molecular weight excluding hydrogens is 362 g/mol. The van der Waals surface area contributed by atoms with Crippen molar-refractivity contribution in [3.63, 3.8) is 0 Å². The number of aryl methyl sites for hydroxylation is 2. The molecule has 0 unspecified atom stereocenters. The molecule has 144 valence electrons. The second kappa shape index (κ2) is 8.06. The van der Waals surface area contributed by atoms with Crippen molar-refractivity contribution in [3.05, 3.63) is 77.1 Å². The normalized spacial score (nSPS) is 11.1. The van der Waals surface area contributed by atoms with E-state index in [1.54, 1.807) is 13.3 Å². The van der Waals surface area contributed by atoms with E-state index in [9.17, 15) is 0 Å². The van der Waals surface area contributed by atoms with Gasteiger partial charge in [-0.05, 0) is 59.0 Å². The molecule has 0 saturated carbocycles. The van der Waals surface area contributed by atoms with Crippen LogP contribution in [0.2, 0.25) is 0 Å². The minimum atomic E-state index is 0.529. The summed E-state index contributed by atoms with van der Waals surface area (Å²) in [5.74, 6) is 1.40. The van der Waals surface area contributed by atoms with Gasteiger partial charge in [0.05, 0.1) is 7.11 Å². The largest absolute Gasteiger partial charge is 0.496 e. The number of tetrazole rings is 1. The maximum atomic E-state index is 5.52. The minimum Gasteiger partial charge on any atom is -0.496 e. The van der Waals surface area contributed by atoms with Crippen LogP contribution in [0, 0.1) is 13.8 Å². The molecule has 0 amide bonds. The quantitative estimate of drug-likeness (QED) is 0.539. The van der Waals surface area contributed by atoms with E-state index >= 15 is 0 Å². The number of rotatable bonds is 5. The number of nitrogens with one attached hydrogen (secondary N) is 1. The summed E-state index contributed by atoms with van der Waals surface area (Å²) in [5.41, 5.74) is 7.62. The molecule has 6 nitrogen and oxygen atoms in total. The van der Waals surface area contributed by atoms with Crippen LogP contribution < -0.4 is 4.74 Å². The Bertz CT molecular complexity index is 1140. The summed E-state index contributed by atoms with van der Waals surface area (Å²) in [6, 6.07) is 14.4. The first-order chi connectivity index (χ1) is 14.2. The van der Waals surface area contributed by atoms with Crippen molar-refractivity contribution in [3.8, 4) is 28.3 Å². The number of H-pyrrole nitrogens is 1. The number of pyridine rings is 1. The molecule has 6 heteroatoms. The summed E-state index contributed by atoms with van der Waals surface area (Å²) < 4.78 is 5.52. The highest BCUT2D eigenvalue weighted by molar-refractivity contribution is 5.78. The second-order valence-corrected chi connectivity index (χ2v) is 6.80. The molecule has 0 bridgehead atoms. The van der Waals surface area contributed by atoms with Gasteiger partial charge in [0.2, 0.25) is 5.82 Å². The molecular formula is C23H21N5O. The average molecular weight is 383 g/mol. The van der Waals surface area contributed by atoms with Gasteiger partial charge >= 0.3 is 0 Å². The molecule has 4 rings (SSSR count).